The lowest BCUT2D eigenvalue weighted by Crippen LogP contribution is -1.95. The Labute approximate surface area is 111 Å². The molecule has 3 nitrogen and oxygen atoms in total. The third-order valence-corrected chi connectivity index (χ3v) is 2.73. The second kappa shape index (κ2) is 5.71. The predicted octanol–water partition coefficient (Wildman–Crippen LogP) is 3.43. The molecule has 0 radical (unpaired) electrons. The molecule has 0 saturated heterocycles. The molecule has 19 heavy (non-hydrogen) atoms. The average Bonchev–Trinajstić information content (AvgIpc) is 2.42. The fourth-order valence-electron chi connectivity index (χ4n) is 1.75. The highest BCUT2D eigenvalue weighted by atomic mass is 19.1. The van der Waals surface area contributed by atoms with Gasteiger partial charge in [0.25, 0.3) is 0 Å². The normalized spacial score (nSPS) is 10.3. The van der Waals surface area contributed by atoms with Crippen LogP contribution in [-0.4, -0.2) is 12.2 Å². The maximum absolute atomic E-state index is 13.1. The van der Waals surface area contributed by atoms with Crippen molar-refractivity contribution in [1.29, 1.82) is 0 Å². The number of aryl methyl sites for hydroxylation is 1. The molecule has 0 saturated carbocycles. The summed E-state index contributed by atoms with van der Waals surface area (Å²) in [6, 6.07) is 9.53. The van der Waals surface area contributed by atoms with Crippen molar-refractivity contribution in [2.75, 3.05) is 7.11 Å². The van der Waals surface area contributed by atoms with Crippen molar-refractivity contribution >= 4 is 0 Å². The molecule has 0 bridgehead atoms. The number of aliphatic hydroxyl groups excluding tert-OH is 1. The van der Waals surface area contributed by atoms with Crippen LogP contribution in [0.2, 0.25) is 0 Å². The van der Waals surface area contributed by atoms with E-state index in [1.165, 1.54) is 18.2 Å². The highest BCUT2D eigenvalue weighted by Crippen LogP contribution is 2.33. The maximum atomic E-state index is 13.1. The zero-order valence-electron chi connectivity index (χ0n) is 10.8. The van der Waals surface area contributed by atoms with E-state index in [0.29, 0.717) is 22.8 Å². The molecule has 0 heterocycles. The van der Waals surface area contributed by atoms with Crippen molar-refractivity contribution < 1.29 is 19.0 Å². The van der Waals surface area contributed by atoms with Crippen LogP contribution in [-0.2, 0) is 6.61 Å². The Kier molecular flexibility index (Phi) is 4.02. The first kappa shape index (κ1) is 13.4. The summed E-state index contributed by atoms with van der Waals surface area (Å²) in [5, 5.41) is 9.21. The minimum absolute atomic E-state index is 0.290. The van der Waals surface area contributed by atoms with E-state index in [9.17, 15) is 9.50 Å². The minimum atomic E-state index is -0.410. The number of hydrogen-bond acceptors (Lipinski definition) is 3. The van der Waals surface area contributed by atoms with Crippen LogP contribution in [0, 0.1) is 12.7 Å². The van der Waals surface area contributed by atoms with E-state index in [2.05, 4.69) is 0 Å². The Morgan fingerprint density at radius 3 is 2.47 bits per heavy atom. The summed E-state index contributed by atoms with van der Waals surface area (Å²) in [6.45, 7) is 1.66. The Morgan fingerprint density at radius 2 is 1.79 bits per heavy atom. The summed E-state index contributed by atoms with van der Waals surface area (Å²) in [5.74, 6) is 1.11. The molecule has 2 aromatic carbocycles. The molecule has 0 aliphatic rings. The van der Waals surface area contributed by atoms with E-state index in [1.54, 1.807) is 13.2 Å². The van der Waals surface area contributed by atoms with E-state index in [0.717, 1.165) is 5.56 Å². The predicted molar refractivity (Wildman–Crippen MR) is 70.1 cm³/mol. The first-order valence-electron chi connectivity index (χ1n) is 5.86. The van der Waals surface area contributed by atoms with Crippen molar-refractivity contribution in [1.82, 2.24) is 0 Å². The molecule has 0 spiro atoms. The van der Waals surface area contributed by atoms with E-state index >= 15 is 0 Å². The number of methoxy groups -OCH3 is 1. The van der Waals surface area contributed by atoms with Crippen LogP contribution in [0.3, 0.4) is 0 Å². The zero-order valence-corrected chi connectivity index (χ0v) is 10.8. The summed E-state index contributed by atoms with van der Waals surface area (Å²) in [5.41, 5.74) is 1.44. The largest absolute Gasteiger partial charge is 0.493 e. The average molecular weight is 262 g/mol. The molecule has 0 aliphatic carbocycles. The van der Waals surface area contributed by atoms with Crippen LogP contribution >= 0.6 is 0 Å². The molecule has 2 rings (SSSR count). The molecule has 1 N–H and O–H groups in total. The summed E-state index contributed by atoms with van der Waals surface area (Å²) >= 11 is 0. The second-order valence-corrected chi connectivity index (χ2v) is 4.17. The van der Waals surface area contributed by atoms with Gasteiger partial charge in [-0.1, -0.05) is 6.07 Å². The lowest BCUT2D eigenvalue weighted by molar-refractivity contribution is 0.275. The van der Waals surface area contributed by atoms with Gasteiger partial charge < -0.3 is 14.6 Å². The van der Waals surface area contributed by atoms with E-state index in [-0.39, 0.29) is 6.61 Å². The van der Waals surface area contributed by atoms with Gasteiger partial charge in [0.2, 0.25) is 0 Å². The summed E-state index contributed by atoms with van der Waals surface area (Å²) in [6.07, 6.45) is 0. The van der Waals surface area contributed by atoms with Gasteiger partial charge in [-0.2, -0.15) is 0 Å². The standard InChI is InChI=1S/C15H15FO3/c1-10-3-5-14(15(7-10)18-2)19-13-6-4-12(16)8-11(13)9-17/h3-8,17H,9H2,1-2H3. The molecular weight excluding hydrogens is 247 g/mol. The van der Waals surface area contributed by atoms with Crippen LogP contribution in [0.4, 0.5) is 4.39 Å². The maximum Gasteiger partial charge on any atom is 0.169 e. The molecule has 0 atom stereocenters. The SMILES string of the molecule is COc1cc(C)ccc1Oc1ccc(F)cc1CO. The van der Waals surface area contributed by atoms with Crippen molar-refractivity contribution in [3.8, 4) is 17.2 Å². The van der Waals surface area contributed by atoms with Gasteiger partial charge >= 0.3 is 0 Å². The van der Waals surface area contributed by atoms with E-state index in [1.807, 2.05) is 19.1 Å². The molecule has 0 amide bonds. The highest BCUT2D eigenvalue weighted by molar-refractivity contribution is 5.46. The third-order valence-electron chi connectivity index (χ3n) is 2.73. The minimum Gasteiger partial charge on any atom is -0.493 e. The lowest BCUT2D eigenvalue weighted by atomic mass is 10.2. The van der Waals surface area contributed by atoms with Crippen LogP contribution in [0.25, 0.3) is 0 Å². The first-order valence-corrected chi connectivity index (χ1v) is 5.86. The van der Waals surface area contributed by atoms with Crippen LogP contribution in [0.1, 0.15) is 11.1 Å². The number of aliphatic hydroxyl groups is 1. The Balaban J connectivity index is 2.36. The van der Waals surface area contributed by atoms with Gasteiger partial charge in [0.05, 0.1) is 13.7 Å². The lowest BCUT2D eigenvalue weighted by Gasteiger charge is -2.13. The second-order valence-electron chi connectivity index (χ2n) is 4.17. The van der Waals surface area contributed by atoms with Gasteiger partial charge in [-0.25, -0.2) is 4.39 Å². The Hall–Kier alpha value is -2.07. The smallest absolute Gasteiger partial charge is 0.169 e. The molecular formula is C15H15FO3. The van der Waals surface area contributed by atoms with Crippen molar-refractivity contribution in [2.24, 2.45) is 0 Å². The van der Waals surface area contributed by atoms with Crippen molar-refractivity contribution in [3.63, 3.8) is 0 Å². The number of rotatable bonds is 4. The van der Waals surface area contributed by atoms with E-state index in [4.69, 9.17) is 9.47 Å². The van der Waals surface area contributed by atoms with Gasteiger partial charge in [-0.15, -0.1) is 0 Å². The first-order chi connectivity index (χ1) is 9.13. The number of benzene rings is 2. The van der Waals surface area contributed by atoms with Gasteiger partial charge in [-0.3, -0.25) is 0 Å². The molecule has 100 valence electrons. The van der Waals surface area contributed by atoms with Gasteiger partial charge in [0.1, 0.15) is 11.6 Å². The number of halogens is 1. The Bertz CT molecular complexity index is 530. The fraction of sp³-hybridized carbons (Fsp3) is 0.200. The summed E-state index contributed by atoms with van der Waals surface area (Å²) in [7, 11) is 1.55. The Morgan fingerprint density at radius 1 is 1.05 bits per heavy atom. The zero-order chi connectivity index (χ0) is 13.8. The summed E-state index contributed by atoms with van der Waals surface area (Å²) < 4.78 is 24.0. The topological polar surface area (TPSA) is 38.7 Å². The quantitative estimate of drug-likeness (QED) is 0.917. The van der Waals surface area contributed by atoms with Gasteiger partial charge in [0, 0.05) is 5.56 Å². The monoisotopic (exact) mass is 262 g/mol. The highest BCUT2D eigenvalue weighted by Gasteiger charge is 2.09. The van der Waals surface area contributed by atoms with Gasteiger partial charge in [0.15, 0.2) is 11.5 Å². The van der Waals surface area contributed by atoms with Gasteiger partial charge in [-0.05, 0) is 42.8 Å². The summed E-state index contributed by atoms with van der Waals surface area (Å²) in [4.78, 5) is 0. The molecule has 0 aliphatic heterocycles. The molecule has 4 heteroatoms. The van der Waals surface area contributed by atoms with Crippen molar-refractivity contribution in [3.05, 3.63) is 53.3 Å². The van der Waals surface area contributed by atoms with Crippen LogP contribution in [0.5, 0.6) is 17.2 Å². The van der Waals surface area contributed by atoms with Crippen LogP contribution in [0.15, 0.2) is 36.4 Å². The van der Waals surface area contributed by atoms with Crippen LogP contribution < -0.4 is 9.47 Å². The van der Waals surface area contributed by atoms with Crippen molar-refractivity contribution in [2.45, 2.75) is 13.5 Å². The molecule has 0 unspecified atom stereocenters. The molecule has 2 aromatic rings. The number of ether oxygens (including phenoxy) is 2. The number of hydrogen-bond donors (Lipinski definition) is 1. The van der Waals surface area contributed by atoms with E-state index < -0.39 is 5.82 Å². The molecule has 0 fully saturated rings. The molecule has 0 aromatic heterocycles. The third kappa shape index (κ3) is 3.03. The fourth-order valence-corrected chi connectivity index (χ4v) is 1.75.